The van der Waals surface area contributed by atoms with Crippen molar-refractivity contribution in [3.63, 3.8) is 0 Å². The Hall–Kier alpha value is -1.76. The molecule has 2 aromatic rings. The number of primary amides is 1. The van der Waals surface area contributed by atoms with Gasteiger partial charge in [-0.05, 0) is 31.4 Å². The average molecular weight is 345 g/mol. The monoisotopic (exact) mass is 345 g/mol. The predicted octanol–water partition coefficient (Wildman–Crippen LogP) is 2.83. The maximum atomic E-state index is 12.1. The first-order valence-corrected chi connectivity index (χ1v) is 9.15. The average Bonchev–Trinajstić information content (AvgIpc) is 3.03. The number of nitrogens with zero attached hydrogens (tertiary/aromatic N) is 2. The van der Waals surface area contributed by atoms with Gasteiger partial charge in [0.25, 0.3) is 0 Å². The van der Waals surface area contributed by atoms with Gasteiger partial charge < -0.3 is 10.5 Å². The summed E-state index contributed by atoms with van der Waals surface area (Å²) in [4.78, 5) is 18.9. The van der Waals surface area contributed by atoms with Gasteiger partial charge in [0.15, 0.2) is 0 Å². The standard InChI is InChI=1S/C18H23N3O2S/c1-3-23-12(2)18-20-14(11-24-18)10-21-9-8-13-6-4-5-7-15(13)16(21)17(19)22/h4-7,11-12,16H,3,8-10H2,1-2H3,(H2,19,22)/t12-,16+/m1/s1. The van der Waals surface area contributed by atoms with Gasteiger partial charge >= 0.3 is 0 Å². The zero-order chi connectivity index (χ0) is 17.1. The molecule has 5 nitrogen and oxygen atoms in total. The summed E-state index contributed by atoms with van der Waals surface area (Å²) in [5.41, 5.74) is 8.90. The van der Waals surface area contributed by atoms with Gasteiger partial charge in [0, 0.05) is 25.1 Å². The molecule has 0 saturated heterocycles. The molecule has 24 heavy (non-hydrogen) atoms. The number of amides is 1. The summed E-state index contributed by atoms with van der Waals surface area (Å²) in [6.07, 6.45) is 0.925. The summed E-state index contributed by atoms with van der Waals surface area (Å²) in [6.45, 7) is 6.08. The molecule has 2 atom stereocenters. The minimum atomic E-state index is -0.385. The zero-order valence-electron chi connectivity index (χ0n) is 14.1. The number of rotatable bonds is 6. The van der Waals surface area contributed by atoms with Crippen LogP contribution in [0.3, 0.4) is 0 Å². The van der Waals surface area contributed by atoms with Crippen LogP contribution >= 0.6 is 11.3 Å². The van der Waals surface area contributed by atoms with Crippen molar-refractivity contribution in [3.8, 4) is 0 Å². The van der Waals surface area contributed by atoms with Crippen molar-refractivity contribution in [1.82, 2.24) is 9.88 Å². The van der Waals surface area contributed by atoms with Gasteiger partial charge in [0.2, 0.25) is 5.91 Å². The maximum absolute atomic E-state index is 12.1. The highest BCUT2D eigenvalue weighted by Gasteiger charge is 2.31. The lowest BCUT2D eigenvalue weighted by molar-refractivity contribution is -0.124. The fraction of sp³-hybridized carbons (Fsp3) is 0.444. The van der Waals surface area contributed by atoms with Crippen LogP contribution in [0.5, 0.6) is 0 Å². The van der Waals surface area contributed by atoms with E-state index in [4.69, 9.17) is 10.5 Å². The number of fused-ring (bicyclic) bond motifs is 1. The first kappa shape index (κ1) is 17.1. The normalized spacial score (nSPS) is 19.0. The Balaban J connectivity index is 1.79. The van der Waals surface area contributed by atoms with Crippen LogP contribution in [0, 0.1) is 0 Å². The molecular formula is C18H23N3O2S. The number of benzene rings is 1. The van der Waals surface area contributed by atoms with Crippen LogP contribution in [0.1, 0.15) is 47.8 Å². The number of hydrogen-bond acceptors (Lipinski definition) is 5. The summed E-state index contributed by atoms with van der Waals surface area (Å²) in [7, 11) is 0. The largest absolute Gasteiger partial charge is 0.372 e. The van der Waals surface area contributed by atoms with Crippen molar-refractivity contribution >= 4 is 17.2 Å². The molecule has 1 aliphatic heterocycles. The van der Waals surface area contributed by atoms with E-state index >= 15 is 0 Å². The lowest BCUT2D eigenvalue weighted by Crippen LogP contribution is -2.42. The molecule has 1 aromatic heterocycles. The van der Waals surface area contributed by atoms with Gasteiger partial charge in [0.1, 0.15) is 17.2 Å². The van der Waals surface area contributed by atoms with Crippen molar-refractivity contribution in [2.75, 3.05) is 13.2 Å². The summed E-state index contributed by atoms with van der Waals surface area (Å²) in [5.74, 6) is -0.305. The molecule has 0 spiro atoms. The van der Waals surface area contributed by atoms with Crippen molar-refractivity contribution in [3.05, 3.63) is 51.5 Å². The van der Waals surface area contributed by atoms with E-state index in [1.54, 1.807) is 11.3 Å². The third-order valence-electron chi connectivity index (χ3n) is 4.35. The highest BCUT2D eigenvalue weighted by atomic mass is 32.1. The number of hydrogen-bond donors (Lipinski definition) is 1. The first-order valence-electron chi connectivity index (χ1n) is 8.27. The number of carbonyl (C=O) groups is 1. The van der Waals surface area contributed by atoms with Gasteiger partial charge in [-0.2, -0.15) is 0 Å². The Bertz CT molecular complexity index is 716. The maximum Gasteiger partial charge on any atom is 0.239 e. The quantitative estimate of drug-likeness (QED) is 0.874. The van der Waals surface area contributed by atoms with E-state index in [1.165, 1.54) is 5.56 Å². The smallest absolute Gasteiger partial charge is 0.239 e. The molecule has 0 radical (unpaired) electrons. The Morgan fingerprint density at radius 1 is 1.50 bits per heavy atom. The molecule has 3 rings (SSSR count). The second kappa shape index (κ2) is 7.42. The van der Waals surface area contributed by atoms with E-state index in [2.05, 4.69) is 16.0 Å². The molecule has 0 fully saturated rings. The molecular weight excluding hydrogens is 322 g/mol. The van der Waals surface area contributed by atoms with Crippen LogP contribution in [-0.4, -0.2) is 28.9 Å². The van der Waals surface area contributed by atoms with Crippen LogP contribution in [0.15, 0.2) is 29.6 Å². The Morgan fingerprint density at radius 3 is 3.04 bits per heavy atom. The number of nitrogens with two attached hydrogens (primary N) is 1. The van der Waals surface area contributed by atoms with Gasteiger partial charge in [0.05, 0.1) is 5.69 Å². The van der Waals surface area contributed by atoms with E-state index in [0.29, 0.717) is 13.2 Å². The SMILES string of the molecule is CCO[C@H](C)c1nc(CN2CCc3ccccc3[C@H]2C(N)=O)cs1. The van der Waals surface area contributed by atoms with Crippen molar-refractivity contribution in [2.24, 2.45) is 5.73 Å². The molecule has 2 heterocycles. The van der Waals surface area contributed by atoms with E-state index in [9.17, 15) is 4.79 Å². The highest BCUT2D eigenvalue weighted by molar-refractivity contribution is 7.09. The van der Waals surface area contributed by atoms with E-state index < -0.39 is 0 Å². The fourth-order valence-electron chi connectivity index (χ4n) is 3.23. The minimum absolute atomic E-state index is 0.00256. The van der Waals surface area contributed by atoms with Crippen LogP contribution in [0.2, 0.25) is 0 Å². The second-order valence-corrected chi connectivity index (χ2v) is 6.89. The highest BCUT2D eigenvalue weighted by Crippen LogP contribution is 2.31. The number of carbonyl (C=O) groups excluding carboxylic acids is 1. The van der Waals surface area contributed by atoms with Crippen LogP contribution in [0.4, 0.5) is 0 Å². The van der Waals surface area contributed by atoms with Gasteiger partial charge in [-0.25, -0.2) is 4.98 Å². The third kappa shape index (κ3) is 3.50. The predicted molar refractivity (Wildman–Crippen MR) is 94.6 cm³/mol. The number of ether oxygens (including phenoxy) is 1. The summed E-state index contributed by atoms with van der Waals surface area (Å²) >= 11 is 1.60. The second-order valence-electron chi connectivity index (χ2n) is 6.00. The third-order valence-corrected chi connectivity index (χ3v) is 5.41. The van der Waals surface area contributed by atoms with Crippen molar-refractivity contribution in [2.45, 2.75) is 39.0 Å². The number of aromatic nitrogens is 1. The lowest BCUT2D eigenvalue weighted by Gasteiger charge is -2.34. The van der Waals surface area contributed by atoms with Gasteiger partial charge in [-0.3, -0.25) is 9.69 Å². The van der Waals surface area contributed by atoms with Gasteiger partial charge in [-0.15, -0.1) is 11.3 Å². The molecule has 6 heteroatoms. The van der Waals surface area contributed by atoms with Crippen LogP contribution in [-0.2, 0) is 22.5 Å². The topological polar surface area (TPSA) is 68.4 Å². The minimum Gasteiger partial charge on any atom is -0.372 e. The van der Waals surface area contributed by atoms with E-state index in [1.807, 2.05) is 37.4 Å². The summed E-state index contributed by atoms with van der Waals surface area (Å²) < 4.78 is 5.60. The van der Waals surface area contributed by atoms with Crippen molar-refractivity contribution in [1.29, 1.82) is 0 Å². The molecule has 128 valence electrons. The first-order chi connectivity index (χ1) is 11.6. The molecule has 0 aliphatic carbocycles. The zero-order valence-corrected chi connectivity index (χ0v) is 14.9. The molecule has 1 aliphatic rings. The Kier molecular flexibility index (Phi) is 5.28. The van der Waals surface area contributed by atoms with Crippen LogP contribution < -0.4 is 5.73 Å². The van der Waals surface area contributed by atoms with E-state index in [0.717, 1.165) is 29.2 Å². The van der Waals surface area contributed by atoms with Crippen molar-refractivity contribution < 1.29 is 9.53 Å². The van der Waals surface area contributed by atoms with Crippen LogP contribution in [0.25, 0.3) is 0 Å². The molecule has 0 saturated carbocycles. The summed E-state index contributed by atoms with van der Waals surface area (Å²) in [5, 5.41) is 3.02. The molecule has 2 N–H and O–H groups in total. The summed E-state index contributed by atoms with van der Waals surface area (Å²) in [6, 6.07) is 7.66. The molecule has 0 bridgehead atoms. The van der Waals surface area contributed by atoms with Gasteiger partial charge in [-0.1, -0.05) is 24.3 Å². The fourth-order valence-corrected chi connectivity index (χ4v) is 4.05. The molecule has 0 unspecified atom stereocenters. The Labute approximate surface area is 146 Å². The lowest BCUT2D eigenvalue weighted by atomic mass is 9.92. The Morgan fingerprint density at radius 2 is 2.29 bits per heavy atom. The molecule has 1 aromatic carbocycles. The van der Waals surface area contributed by atoms with E-state index in [-0.39, 0.29) is 18.1 Å². The molecule has 1 amide bonds. The number of thiazole rings is 1.